The molecule has 0 bridgehead atoms. The molecule has 6 aromatic rings. The first-order valence-electron chi connectivity index (χ1n) is 10.4. The lowest BCUT2D eigenvalue weighted by atomic mass is 10.1. The van der Waals surface area contributed by atoms with Gasteiger partial charge in [0.05, 0.1) is 11.0 Å². The van der Waals surface area contributed by atoms with Gasteiger partial charge in [-0.3, -0.25) is 9.78 Å². The van der Waals surface area contributed by atoms with Crippen molar-refractivity contribution in [2.45, 2.75) is 13.5 Å². The number of fused-ring (bicyclic) bond motifs is 6. The smallest absolute Gasteiger partial charge is 0.272 e. The lowest BCUT2D eigenvalue weighted by Crippen LogP contribution is -2.12. The number of aromatic amines is 1. The highest BCUT2D eigenvalue weighted by Gasteiger charge is 2.14. The lowest BCUT2D eigenvalue weighted by Gasteiger charge is -2.06. The number of hydrogen-bond donors (Lipinski definition) is 2. The molecule has 5 nitrogen and oxygen atoms in total. The van der Waals surface area contributed by atoms with Gasteiger partial charge < -0.3 is 14.9 Å². The number of para-hydroxylation sites is 1. The summed E-state index contributed by atoms with van der Waals surface area (Å²) in [6.07, 6.45) is 1.77. The minimum absolute atomic E-state index is 0.168. The fraction of sp³-hybridized carbons (Fsp3) is 0.0769. The quantitative estimate of drug-likeness (QED) is 0.374. The Morgan fingerprint density at radius 3 is 2.68 bits per heavy atom. The van der Waals surface area contributed by atoms with E-state index in [0.717, 1.165) is 39.4 Å². The highest BCUT2D eigenvalue weighted by Crippen LogP contribution is 2.31. The van der Waals surface area contributed by atoms with Crippen molar-refractivity contribution in [1.29, 1.82) is 0 Å². The topological polar surface area (TPSA) is 62.7 Å². The molecule has 1 amide bonds. The number of pyridine rings is 1. The maximum Gasteiger partial charge on any atom is 0.272 e. The number of rotatable bonds is 3. The molecule has 0 saturated heterocycles. The second-order valence-electron chi connectivity index (χ2n) is 7.74. The molecular weight excluding hydrogens is 384 g/mol. The van der Waals surface area contributed by atoms with Gasteiger partial charge in [0.2, 0.25) is 0 Å². The highest BCUT2D eigenvalue weighted by atomic mass is 16.1. The zero-order chi connectivity index (χ0) is 20.9. The van der Waals surface area contributed by atoms with Crippen molar-refractivity contribution in [2.24, 2.45) is 0 Å². The number of aryl methyl sites for hydroxylation is 1. The van der Waals surface area contributed by atoms with Crippen molar-refractivity contribution in [3.63, 3.8) is 0 Å². The first-order valence-corrected chi connectivity index (χ1v) is 10.4. The van der Waals surface area contributed by atoms with E-state index >= 15 is 0 Å². The van der Waals surface area contributed by atoms with Crippen LogP contribution in [-0.4, -0.2) is 20.4 Å². The SMILES string of the molecule is CCn1c2ccccc2c2cc(NC(=O)c3cc4ccc5cccnc5c4[nH]3)ccc21. The third-order valence-corrected chi connectivity index (χ3v) is 5.96. The summed E-state index contributed by atoms with van der Waals surface area (Å²) < 4.78 is 2.30. The number of aromatic nitrogens is 3. The van der Waals surface area contributed by atoms with Crippen LogP contribution in [0.1, 0.15) is 17.4 Å². The molecule has 0 saturated carbocycles. The Hall–Kier alpha value is -4.12. The number of carbonyl (C=O) groups excluding carboxylic acids is 1. The zero-order valence-corrected chi connectivity index (χ0v) is 17.0. The van der Waals surface area contributed by atoms with E-state index in [1.807, 2.05) is 36.4 Å². The van der Waals surface area contributed by atoms with Crippen molar-refractivity contribution < 1.29 is 4.79 Å². The molecule has 0 aliphatic carbocycles. The van der Waals surface area contributed by atoms with Crippen molar-refractivity contribution >= 4 is 55.2 Å². The van der Waals surface area contributed by atoms with Crippen LogP contribution in [0.5, 0.6) is 0 Å². The maximum atomic E-state index is 13.0. The van der Waals surface area contributed by atoms with E-state index in [0.29, 0.717) is 5.69 Å². The van der Waals surface area contributed by atoms with E-state index in [1.54, 1.807) is 6.20 Å². The van der Waals surface area contributed by atoms with Gasteiger partial charge in [0.25, 0.3) is 5.91 Å². The van der Waals surface area contributed by atoms with Crippen LogP contribution in [0, 0.1) is 0 Å². The van der Waals surface area contributed by atoms with Crippen LogP contribution in [0.25, 0.3) is 43.6 Å². The van der Waals surface area contributed by atoms with Gasteiger partial charge >= 0.3 is 0 Å². The van der Waals surface area contributed by atoms with E-state index in [1.165, 1.54) is 16.4 Å². The Balaban J connectivity index is 1.40. The third kappa shape index (κ3) is 2.70. The van der Waals surface area contributed by atoms with E-state index in [9.17, 15) is 4.79 Å². The summed E-state index contributed by atoms with van der Waals surface area (Å²) in [6.45, 7) is 3.04. The van der Waals surface area contributed by atoms with Crippen LogP contribution in [-0.2, 0) is 6.54 Å². The van der Waals surface area contributed by atoms with Crippen molar-refractivity contribution in [3.05, 3.63) is 84.7 Å². The second-order valence-corrected chi connectivity index (χ2v) is 7.74. The Morgan fingerprint density at radius 1 is 0.935 bits per heavy atom. The molecule has 0 spiro atoms. The molecule has 0 aliphatic heterocycles. The molecule has 0 radical (unpaired) electrons. The van der Waals surface area contributed by atoms with Crippen LogP contribution >= 0.6 is 0 Å². The Labute approximate surface area is 178 Å². The monoisotopic (exact) mass is 404 g/mol. The fourth-order valence-corrected chi connectivity index (χ4v) is 4.53. The van der Waals surface area contributed by atoms with Gasteiger partial charge in [0.15, 0.2) is 0 Å². The molecular formula is C26H20N4O. The summed E-state index contributed by atoms with van der Waals surface area (Å²) in [5.41, 5.74) is 5.42. The number of benzene rings is 3. The number of nitrogens with one attached hydrogen (secondary N) is 2. The fourth-order valence-electron chi connectivity index (χ4n) is 4.53. The van der Waals surface area contributed by atoms with Crippen molar-refractivity contribution in [3.8, 4) is 0 Å². The largest absolute Gasteiger partial charge is 0.349 e. The molecule has 0 aliphatic rings. The highest BCUT2D eigenvalue weighted by molar-refractivity contribution is 6.13. The predicted molar refractivity (Wildman–Crippen MR) is 127 cm³/mol. The molecule has 0 atom stereocenters. The summed E-state index contributed by atoms with van der Waals surface area (Å²) >= 11 is 0. The molecule has 6 rings (SSSR count). The Morgan fingerprint density at radius 2 is 1.77 bits per heavy atom. The normalized spacial score (nSPS) is 11.6. The third-order valence-electron chi connectivity index (χ3n) is 5.96. The first-order chi connectivity index (χ1) is 15.2. The van der Waals surface area contributed by atoms with Crippen LogP contribution in [0.2, 0.25) is 0 Å². The van der Waals surface area contributed by atoms with Gasteiger partial charge in [-0.2, -0.15) is 0 Å². The van der Waals surface area contributed by atoms with Gasteiger partial charge in [0, 0.05) is 51.0 Å². The van der Waals surface area contributed by atoms with Gasteiger partial charge in [-0.1, -0.05) is 36.4 Å². The van der Waals surface area contributed by atoms with Gasteiger partial charge in [-0.05, 0) is 43.3 Å². The average molecular weight is 404 g/mol. The minimum Gasteiger partial charge on any atom is -0.349 e. The summed E-state index contributed by atoms with van der Waals surface area (Å²) in [4.78, 5) is 20.7. The number of anilines is 1. The van der Waals surface area contributed by atoms with Crippen molar-refractivity contribution in [1.82, 2.24) is 14.5 Å². The van der Waals surface area contributed by atoms with E-state index in [2.05, 4.69) is 63.2 Å². The maximum absolute atomic E-state index is 13.0. The zero-order valence-electron chi connectivity index (χ0n) is 17.0. The molecule has 3 aromatic heterocycles. The summed E-state index contributed by atoms with van der Waals surface area (Å²) in [6, 6.07) is 24.3. The summed E-state index contributed by atoms with van der Waals surface area (Å²) in [5.74, 6) is -0.168. The van der Waals surface area contributed by atoms with Crippen LogP contribution < -0.4 is 5.32 Å². The number of carbonyl (C=O) groups is 1. The van der Waals surface area contributed by atoms with Gasteiger partial charge in [0.1, 0.15) is 5.69 Å². The van der Waals surface area contributed by atoms with Crippen LogP contribution in [0.3, 0.4) is 0 Å². The molecule has 0 fully saturated rings. The van der Waals surface area contributed by atoms with Crippen molar-refractivity contribution in [2.75, 3.05) is 5.32 Å². The van der Waals surface area contributed by atoms with Crippen LogP contribution in [0.15, 0.2) is 79.0 Å². The first kappa shape index (κ1) is 17.7. The average Bonchev–Trinajstić information content (AvgIpc) is 3.38. The molecule has 2 N–H and O–H groups in total. The standard InChI is InChI=1S/C26H20N4O/c1-2-30-22-8-4-3-7-19(22)20-15-18(11-12-23(20)30)28-26(31)21-14-17-10-9-16-6-5-13-27-24(16)25(17)29-21/h3-15,29H,2H2,1H3,(H,28,31). The number of hydrogen-bond acceptors (Lipinski definition) is 2. The minimum atomic E-state index is -0.168. The number of amides is 1. The van der Waals surface area contributed by atoms with Crippen LogP contribution in [0.4, 0.5) is 5.69 Å². The Bertz CT molecular complexity index is 1620. The molecule has 3 heterocycles. The van der Waals surface area contributed by atoms with Gasteiger partial charge in [-0.15, -0.1) is 0 Å². The molecule has 150 valence electrons. The molecule has 3 aromatic carbocycles. The van der Waals surface area contributed by atoms with E-state index < -0.39 is 0 Å². The predicted octanol–water partition coefficient (Wildman–Crippen LogP) is 6.10. The summed E-state index contributed by atoms with van der Waals surface area (Å²) in [7, 11) is 0. The van der Waals surface area contributed by atoms with Gasteiger partial charge in [-0.25, -0.2) is 0 Å². The Kier molecular flexibility index (Phi) is 3.83. The summed E-state index contributed by atoms with van der Waals surface area (Å²) in [5, 5.41) is 7.40. The number of nitrogens with zero attached hydrogens (tertiary/aromatic N) is 2. The number of H-pyrrole nitrogens is 1. The lowest BCUT2D eigenvalue weighted by molar-refractivity contribution is 0.102. The van der Waals surface area contributed by atoms with E-state index in [-0.39, 0.29) is 5.91 Å². The molecule has 5 heteroatoms. The molecule has 31 heavy (non-hydrogen) atoms. The molecule has 0 unspecified atom stereocenters. The van der Waals surface area contributed by atoms with E-state index in [4.69, 9.17) is 0 Å². The second kappa shape index (κ2) is 6.71.